The average molecular weight is 543 g/mol. The van der Waals surface area contributed by atoms with E-state index in [1.54, 1.807) is 0 Å². The molecule has 0 aliphatic heterocycles. The number of carbonyl (C=O) groups is 1. The molecule has 0 atom stereocenters. The summed E-state index contributed by atoms with van der Waals surface area (Å²) in [5.41, 5.74) is 0. The number of hydrogen-bond donors (Lipinski definition) is 2. The van der Waals surface area contributed by atoms with E-state index < -0.39 is 75.1 Å². The normalized spacial score (nSPS) is 15.6. The van der Waals surface area contributed by atoms with Crippen molar-refractivity contribution < 1.29 is 79.9 Å². The fraction of sp³-hybridized carbons (Fsp3) is 0.923. The molecule has 0 fully saturated rings. The largest absolute Gasteiger partial charge is 0.477 e. The predicted molar refractivity (Wildman–Crippen MR) is 81.8 cm³/mol. The Balaban J connectivity index is 5.89. The zero-order valence-corrected chi connectivity index (χ0v) is 17.1. The van der Waals surface area contributed by atoms with E-state index in [2.05, 4.69) is 0 Å². The molecule has 0 saturated carbocycles. The van der Waals surface area contributed by atoms with E-state index in [0.717, 1.165) is 0 Å². The first-order valence-corrected chi connectivity index (χ1v) is 9.59. The summed E-state index contributed by atoms with van der Waals surface area (Å²) in [6.45, 7) is -2.23. The molecule has 0 radical (unpaired) electrons. The number of nitrogens with zero attached hydrogens (tertiary/aromatic N) is 1. The van der Waals surface area contributed by atoms with E-state index >= 15 is 0 Å². The monoisotopic (exact) mass is 543 g/mol. The van der Waals surface area contributed by atoms with Gasteiger partial charge in [-0.05, 0) is 0 Å². The van der Waals surface area contributed by atoms with Gasteiger partial charge in [-0.25, -0.2) is 17.9 Å². The van der Waals surface area contributed by atoms with E-state index in [1.807, 2.05) is 0 Å². The topological polar surface area (TPSA) is 83.5 Å². The number of carboxylic acids is 1. The van der Waals surface area contributed by atoms with Crippen LogP contribution in [0.15, 0.2) is 0 Å². The van der Waals surface area contributed by atoms with Gasteiger partial charge in [-0.2, -0.15) is 57.1 Å². The number of halogens is 13. The molecule has 0 spiro atoms. The highest BCUT2D eigenvalue weighted by Gasteiger charge is 2.92. The second-order valence-electron chi connectivity index (χ2n) is 7.27. The summed E-state index contributed by atoms with van der Waals surface area (Å²) >= 11 is 0. The summed E-state index contributed by atoms with van der Waals surface area (Å²) in [5, 5.41) is 1.31. The lowest BCUT2D eigenvalue weighted by atomic mass is 9.98. The Hall–Kier alpha value is -1.57. The number of rotatable bonds is 12. The van der Waals surface area contributed by atoms with Crippen molar-refractivity contribution in [3.63, 3.8) is 0 Å². The van der Waals surface area contributed by atoms with Gasteiger partial charge in [0.15, 0.2) is 6.54 Å². The number of alkyl halides is 13. The molecule has 0 aromatic rings. The zero-order valence-electron chi connectivity index (χ0n) is 16.3. The molecule has 0 heterocycles. The van der Waals surface area contributed by atoms with Crippen LogP contribution in [0.4, 0.5) is 57.1 Å². The third kappa shape index (κ3) is 5.57. The Morgan fingerprint density at radius 3 is 1.55 bits per heavy atom. The molecule has 0 aliphatic carbocycles. The fourth-order valence-corrected chi connectivity index (χ4v) is 3.23. The molecular weight excluding hydrogens is 527 g/mol. The third-order valence-corrected chi connectivity index (χ3v) is 5.55. The van der Waals surface area contributed by atoms with Crippen LogP contribution in [0, 0.1) is 0 Å². The van der Waals surface area contributed by atoms with E-state index in [1.165, 1.54) is 14.1 Å². The average Bonchev–Trinajstić information content (AvgIpc) is 2.55. The highest BCUT2D eigenvalue weighted by Crippen LogP contribution is 2.60. The van der Waals surface area contributed by atoms with Gasteiger partial charge in [0, 0.05) is 13.0 Å². The quantitative estimate of drug-likeness (QED) is 0.225. The lowest BCUT2D eigenvalue weighted by Gasteiger charge is -2.39. The second-order valence-corrected chi connectivity index (χ2v) is 9.08. The molecule has 198 valence electrons. The molecular formula is C13H16F13N2O4S+. The maximum absolute atomic E-state index is 13.7. The predicted octanol–water partition coefficient (Wildman–Crippen LogP) is 3.15. The lowest BCUT2D eigenvalue weighted by molar-refractivity contribution is -0.883. The number of sulfonamides is 1. The standard InChI is InChI=1S/C13H15F13N2O4S/c1-28(2,6-7(29)30)5-3-4-27-33(31,32)13(25,26)11(20,21)9(16,17)8(14,15)10(18,19)12(22,23)24/h27H,3-6H2,1-2H3/p+1. The van der Waals surface area contributed by atoms with Gasteiger partial charge in [0.1, 0.15) is 0 Å². The van der Waals surface area contributed by atoms with Crippen molar-refractivity contribution in [3.8, 4) is 0 Å². The number of aliphatic carboxylic acids is 1. The molecule has 0 aromatic carbocycles. The summed E-state index contributed by atoms with van der Waals surface area (Å²) in [6, 6.07) is 0. The van der Waals surface area contributed by atoms with Gasteiger partial charge in [-0.1, -0.05) is 0 Å². The summed E-state index contributed by atoms with van der Waals surface area (Å²) in [6.07, 6.45) is -8.22. The SMILES string of the molecule is C[N+](C)(CCCNS(=O)(=O)C(F)(F)C(F)(F)C(F)(F)C(F)(F)C(F)(F)C(F)(F)F)CC(=O)O. The Bertz CT molecular complexity index is 825. The molecule has 33 heavy (non-hydrogen) atoms. The first kappa shape index (κ1) is 31.4. The fourth-order valence-electron chi connectivity index (χ4n) is 2.17. The van der Waals surface area contributed by atoms with Crippen molar-refractivity contribution in [2.24, 2.45) is 0 Å². The maximum Gasteiger partial charge on any atom is 0.460 e. The molecule has 0 amide bonds. The minimum absolute atomic E-state index is 0.344. The van der Waals surface area contributed by atoms with Crippen molar-refractivity contribution >= 4 is 16.0 Å². The Kier molecular flexibility index (Phi) is 8.47. The lowest BCUT2D eigenvalue weighted by Crippen LogP contribution is -2.71. The number of carboxylic acid groups (broad SMARTS) is 1. The minimum Gasteiger partial charge on any atom is -0.477 e. The maximum atomic E-state index is 13.7. The summed E-state index contributed by atoms with van der Waals surface area (Å²) in [7, 11) is -4.62. The van der Waals surface area contributed by atoms with Crippen LogP contribution in [0.1, 0.15) is 6.42 Å². The first-order valence-electron chi connectivity index (χ1n) is 8.11. The molecule has 20 heteroatoms. The molecule has 0 aliphatic rings. The van der Waals surface area contributed by atoms with Crippen LogP contribution in [0.2, 0.25) is 0 Å². The number of hydrogen-bond acceptors (Lipinski definition) is 3. The Morgan fingerprint density at radius 1 is 0.788 bits per heavy atom. The first-order chi connectivity index (χ1) is 14.1. The number of quaternary nitrogens is 1. The highest BCUT2D eigenvalue weighted by molar-refractivity contribution is 7.90. The van der Waals surface area contributed by atoms with E-state index in [9.17, 15) is 70.3 Å². The van der Waals surface area contributed by atoms with Crippen LogP contribution in [-0.2, 0) is 14.8 Å². The van der Waals surface area contributed by atoms with Crippen molar-refractivity contribution in [3.05, 3.63) is 0 Å². The molecule has 0 saturated heterocycles. The third-order valence-electron chi connectivity index (χ3n) is 4.04. The number of nitrogens with one attached hydrogen (secondary N) is 1. The Labute approximate surface area is 177 Å². The number of likely N-dealkylation sites (N-methyl/N-ethyl adjacent to an activating group) is 1. The van der Waals surface area contributed by atoms with Crippen LogP contribution in [0.25, 0.3) is 0 Å². The summed E-state index contributed by atoms with van der Waals surface area (Å²) in [4.78, 5) is 10.6. The minimum atomic E-state index is -8.22. The van der Waals surface area contributed by atoms with Crippen LogP contribution in [0.3, 0.4) is 0 Å². The van der Waals surface area contributed by atoms with Gasteiger partial charge in [-0.3, -0.25) is 0 Å². The van der Waals surface area contributed by atoms with Crippen molar-refractivity contribution in [1.29, 1.82) is 0 Å². The van der Waals surface area contributed by atoms with E-state index in [-0.39, 0.29) is 6.54 Å². The molecule has 0 unspecified atom stereocenters. The zero-order chi connectivity index (χ0) is 27.1. The molecule has 2 N–H and O–H groups in total. The molecule has 0 rings (SSSR count). The molecule has 0 aromatic heterocycles. The highest BCUT2D eigenvalue weighted by atomic mass is 32.2. The molecule has 0 bridgehead atoms. The van der Waals surface area contributed by atoms with Gasteiger partial charge in [0.2, 0.25) is 0 Å². The van der Waals surface area contributed by atoms with Crippen LogP contribution in [0.5, 0.6) is 0 Å². The second kappa shape index (κ2) is 8.90. The van der Waals surface area contributed by atoms with Gasteiger partial charge < -0.3 is 9.59 Å². The smallest absolute Gasteiger partial charge is 0.460 e. The van der Waals surface area contributed by atoms with Crippen molar-refractivity contribution in [1.82, 2.24) is 4.72 Å². The molecule has 6 nitrogen and oxygen atoms in total. The summed E-state index contributed by atoms with van der Waals surface area (Å²) in [5.74, 6) is -33.7. The van der Waals surface area contributed by atoms with Gasteiger partial charge >= 0.3 is 41.1 Å². The Morgan fingerprint density at radius 2 is 1.18 bits per heavy atom. The van der Waals surface area contributed by atoms with Crippen molar-refractivity contribution in [2.75, 3.05) is 33.7 Å². The van der Waals surface area contributed by atoms with Gasteiger partial charge in [0.05, 0.1) is 20.6 Å². The van der Waals surface area contributed by atoms with E-state index in [0.29, 0.717) is 4.72 Å². The van der Waals surface area contributed by atoms with E-state index in [4.69, 9.17) is 5.11 Å². The van der Waals surface area contributed by atoms with Crippen molar-refractivity contribution in [2.45, 2.75) is 41.5 Å². The summed E-state index contributed by atoms with van der Waals surface area (Å²) < 4.78 is 192. The van der Waals surface area contributed by atoms with Crippen LogP contribution < -0.4 is 4.72 Å². The van der Waals surface area contributed by atoms with Gasteiger partial charge in [0.25, 0.3) is 10.0 Å². The van der Waals surface area contributed by atoms with Crippen LogP contribution in [-0.4, -0.2) is 92.8 Å². The van der Waals surface area contributed by atoms with Gasteiger partial charge in [-0.15, -0.1) is 0 Å². The van der Waals surface area contributed by atoms with Crippen LogP contribution >= 0.6 is 0 Å².